The zero-order valence-corrected chi connectivity index (χ0v) is 12.9. The lowest BCUT2D eigenvalue weighted by Crippen LogP contribution is -2.05. The number of halogens is 1. The Hall–Kier alpha value is -1.49. The second-order valence-corrected chi connectivity index (χ2v) is 5.37. The first kappa shape index (κ1) is 13.9. The molecular formula is C14H17BrN4. The Balaban J connectivity index is 2.53. The van der Waals surface area contributed by atoms with Gasteiger partial charge in [-0.25, -0.2) is 9.97 Å². The second-order valence-electron chi connectivity index (χ2n) is 4.52. The van der Waals surface area contributed by atoms with E-state index in [0.29, 0.717) is 11.7 Å². The lowest BCUT2D eigenvalue weighted by molar-refractivity contribution is 0.815. The number of anilines is 1. The van der Waals surface area contributed by atoms with Crippen LogP contribution < -0.4 is 5.32 Å². The Morgan fingerprint density at radius 3 is 2.74 bits per heavy atom. The summed E-state index contributed by atoms with van der Waals surface area (Å²) in [6, 6.07) is 5.82. The highest BCUT2D eigenvalue weighted by Gasteiger charge is 2.12. The molecule has 100 valence electrons. The van der Waals surface area contributed by atoms with Crippen molar-refractivity contribution in [2.45, 2.75) is 26.7 Å². The molecule has 4 nitrogen and oxygen atoms in total. The summed E-state index contributed by atoms with van der Waals surface area (Å²) in [5.74, 6) is 1.84. The van der Waals surface area contributed by atoms with Gasteiger partial charge in [-0.05, 0) is 40.9 Å². The van der Waals surface area contributed by atoms with Gasteiger partial charge >= 0.3 is 0 Å². The standard InChI is InChI=1S/C14H17BrN4/c1-4-16-12-8-11(9(2)3)18-14(19-12)13-10(15)6-5-7-17-13/h5-9H,4H2,1-3H3,(H,16,18,19). The Labute approximate surface area is 121 Å². The van der Waals surface area contributed by atoms with Crippen molar-refractivity contribution in [3.05, 3.63) is 34.6 Å². The summed E-state index contributed by atoms with van der Waals surface area (Å²) in [4.78, 5) is 13.5. The number of nitrogens with zero attached hydrogens (tertiary/aromatic N) is 3. The van der Waals surface area contributed by atoms with Gasteiger partial charge in [0.2, 0.25) is 0 Å². The fourth-order valence-electron chi connectivity index (χ4n) is 1.69. The highest BCUT2D eigenvalue weighted by atomic mass is 79.9. The topological polar surface area (TPSA) is 50.7 Å². The van der Waals surface area contributed by atoms with Crippen LogP contribution in [0, 0.1) is 0 Å². The van der Waals surface area contributed by atoms with Crippen molar-refractivity contribution in [1.82, 2.24) is 15.0 Å². The maximum Gasteiger partial charge on any atom is 0.181 e. The number of hydrogen-bond donors (Lipinski definition) is 1. The van der Waals surface area contributed by atoms with E-state index in [1.807, 2.05) is 25.1 Å². The number of aromatic nitrogens is 3. The van der Waals surface area contributed by atoms with Crippen LogP contribution in [0.4, 0.5) is 5.82 Å². The van der Waals surface area contributed by atoms with Crippen LogP contribution in [0.1, 0.15) is 32.4 Å². The molecule has 0 aliphatic carbocycles. The molecule has 0 saturated carbocycles. The van der Waals surface area contributed by atoms with E-state index in [-0.39, 0.29) is 0 Å². The van der Waals surface area contributed by atoms with Gasteiger partial charge in [-0.15, -0.1) is 0 Å². The van der Waals surface area contributed by atoms with Crippen LogP contribution in [0.2, 0.25) is 0 Å². The number of rotatable bonds is 4. The van der Waals surface area contributed by atoms with Crippen LogP contribution in [0.5, 0.6) is 0 Å². The van der Waals surface area contributed by atoms with Gasteiger partial charge in [0, 0.05) is 29.0 Å². The van der Waals surface area contributed by atoms with Crippen molar-refractivity contribution >= 4 is 21.7 Å². The van der Waals surface area contributed by atoms with Gasteiger partial charge in [-0.2, -0.15) is 0 Å². The van der Waals surface area contributed by atoms with E-state index < -0.39 is 0 Å². The van der Waals surface area contributed by atoms with Crippen molar-refractivity contribution in [2.75, 3.05) is 11.9 Å². The molecule has 0 radical (unpaired) electrons. The molecule has 0 unspecified atom stereocenters. The van der Waals surface area contributed by atoms with Gasteiger partial charge in [0.1, 0.15) is 11.5 Å². The van der Waals surface area contributed by atoms with Gasteiger partial charge in [0.25, 0.3) is 0 Å². The molecule has 0 saturated heterocycles. The van der Waals surface area contributed by atoms with Gasteiger partial charge < -0.3 is 5.32 Å². The normalized spacial score (nSPS) is 10.8. The van der Waals surface area contributed by atoms with E-state index in [9.17, 15) is 0 Å². The molecule has 0 aromatic carbocycles. The van der Waals surface area contributed by atoms with E-state index in [4.69, 9.17) is 0 Å². The molecule has 0 amide bonds. The maximum absolute atomic E-state index is 4.60. The third-order valence-electron chi connectivity index (χ3n) is 2.67. The van der Waals surface area contributed by atoms with Gasteiger partial charge in [0.15, 0.2) is 5.82 Å². The average molecular weight is 321 g/mol. The maximum atomic E-state index is 4.60. The van der Waals surface area contributed by atoms with Crippen LogP contribution >= 0.6 is 15.9 Å². The molecule has 2 aromatic heterocycles. The number of pyridine rings is 1. The molecule has 5 heteroatoms. The summed E-state index contributed by atoms with van der Waals surface area (Å²) in [6.07, 6.45) is 1.75. The predicted octanol–water partition coefficient (Wildman–Crippen LogP) is 3.86. The van der Waals surface area contributed by atoms with Crippen LogP contribution in [-0.2, 0) is 0 Å². The first-order chi connectivity index (χ1) is 9.11. The molecule has 0 aliphatic rings. The highest BCUT2D eigenvalue weighted by Crippen LogP contribution is 2.25. The summed E-state index contributed by atoms with van der Waals surface area (Å²) in [7, 11) is 0. The molecule has 0 fully saturated rings. The smallest absolute Gasteiger partial charge is 0.181 e. The lowest BCUT2D eigenvalue weighted by Gasteiger charge is -2.11. The molecule has 1 N–H and O–H groups in total. The number of nitrogens with one attached hydrogen (secondary N) is 1. The Morgan fingerprint density at radius 2 is 2.11 bits per heavy atom. The van der Waals surface area contributed by atoms with E-state index in [1.165, 1.54) is 0 Å². The van der Waals surface area contributed by atoms with E-state index >= 15 is 0 Å². The van der Waals surface area contributed by atoms with E-state index in [1.54, 1.807) is 6.20 Å². The fraction of sp³-hybridized carbons (Fsp3) is 0.357. The van der Waals surface area contributed by atoms with Crippen molar-refractivity contribution in [3.63, 3.8) is 0 Å². The summed E-state index contributed by atoms with van der Waals surface area (Å²) in [5, 5.41) is 3.24. The monoisotopic (exact) mass is 320 g/mol. The summed E-state index contributed by atoms with van der Waals surface area (Å²) < 4.78 is 0.901. The molecule has 0 aliphatic heterocycles. The van der Waals surface area contributed by atoms with E-state index in [2.05, 4.69) is 50.0 Å². The molecule has 0 bridgehead atoms. The molecule has 19 heavy (non-hydrogen) atoms. The quantitative estimate of drug-likeness (QED) is 0.929. The molecule has 0 atom stereocenters. The summed E-state index contributed by atoms with van der Waals surface area (Å²) in [6.45, 7) is 7.12. The molecule has 2 rings (SSSR count). The van der Waals surface area contributed by atoms with Crippen molar-refractivity contribution < 1.29 is 0 Å². The van der Waals surface area contributed by atoms with Crippen LogP contribution in [0.3, 0.4) is 0 Å². The minimum atomic E-state index is 0.349. The first-order valence-corrected chi connectivity index (χ1v) is 7.14. The second kappa shape index (κ2) is 6.10. The third-order valence-corrected chi connectivity index (χ3v) is 3.31. The Morgan fingerprint density at radius 1 is 1.32 bits per heavy atom. The SMILES string of the molecule is CCNc1cc(C(C)C)nc(-c2ncccc2Br)n1. The largest absolute Gasteiger partial charge is 0.370 e. The van der Waals surface area contributed by atoms with Gasteiger partial charge in [-0.1, -0.05) is 13.8 Å². The van der Waals surface area contributed by atoms with Crippen LogP contribution in [0.25, 0.3) is 11.5 Å². The molecule has 2 aromatic rings. The minimum absolute atomic E-state index is 0.349. The minimum Gasteiger partial charge on any atom is -0.370 e. The van der Waals surface area contributed by atoms with E-state index in [0.717, 1.165) is 28.2 Å². The van der Waals surface area contributed by atoms with Crippen molar-refractivity contribution in [1.29, 1.82) is 0 Å². The molecular weight excluding hydrogens is 304 g/mol. The highest BCUT2D eigenvalue weighted by molar-refractivity contribution is 9.10. The summed E-state index contributed by atoms with van der Waals surface area (Å²) >= 11 is 3.50. The van der Waals surface area contributed by atoms with Crippen molar-refractivity contribution in [2.24, 2.45) is 0 Å². The predicted molar refractivity (Wildman–Crippen MR) is 81.2 cm³/mol. The zero-order valence-electron chi connectivity index (χ0n) is 11.3. The van der Waals surface area contributed by atoms with Gasteiger partial charge in [0.05, 0.1) is 0 Å². The average Bonchev–Trinajstić information content (AvgIpc) is 2.39. The summed E-state index contributed by atoms with van der Waals surface area (Å²) in [5.41, 5.74) is 1.78. The van der Waals surface area contributed by atoms with Crippen molar-refractivity contribution in [3.8, 4) is 11.5 Å². The Kier molecular flexibility index (Phi) is 4.47. The Bertz CT molecular complexity index is 569. The zero-order chi connectivity index (χ0) is 13.8. The molecule has 2 heterocycles. The molecule has 0 spiro atoms. The number of hydrogen-bond acceptors (Lipinski definition) is 4. The fourth-order valence-corrected chi connectivity index (χ4v) is 2.12. The van der Waals surface area contributed by atoms with Crippen LogP contribution in [0.15, 0.2) is 28.9 Å². The van der Waals surface area contributed by atoms with Crippen LogP contribution in [-0.4, -0.2) is 21.5 Å². The first-order valence-electron chi connectivity index (χ1n) is 6.35. The third kappa shape index (κ3) is 3.29. The van der Waals surface area contributed by atoms with Gasteiger partial charge in [-0.3, -0.25) is 4.98 Å². The lowest BCUT2D eigenvalue weighted by atomic mass is 10.1.